The number of nitrogens with one attached hydrogen (secondary N) is 2. The van der Waals surface area contributed by atoms with Crippen molar-refractivity contribution < 1.29 is 19.5 Å². The molecule has 1 saturated carbocycles. The molecule has 1 aliphatic carbocycles. The summed E-state index contributed by atoms with van der Waals surface area (Å²) in [6.07, 6.45) is 1.80. The first kappa shape index (κ1) is 19.4. The van der Waals surface area contributed by atoms with Crippen LogP contribution in [0.15, 0.2) is 54.6 Å². The molecule has 7 nitrogen and oxygen atoms in total. The van der Waals surface area contributed by atoms with Crippen molar-refractivity contribution in [1.82, 2.24) is 4.90 Å². The van der Waals surface area contributed by atoms with Gasteiger partial charge < -0.3 is 20.6 Å². The van der Waals surface area contributed by atoms with Gasteiger partial charge in [0.15, 0.2) is 0 Å². The number of carboxylic acids is 1. The summed E-state index contributed by atoms with van der Waals surface area (Å²) >= 11 is 0. The van der Waals surface area contributed by atoms with Gasteiger partial charge in [-0.05, 0) is 49.2 Å². The summed E-state index contributed by atoms with van der Waals surface area (Å²) in [6.45, 7) is 1.79. The predicted molar refractivity (Wildman–Crippen MR) is 106 cm³/mol. The number of aliphatic carboxylic acids is 1. The number of amides is 3. The van der Waals surface area contributed by atoms with E-state index in [0.29, 0.717) is 16.9 Å². The third kappa shape index (κ3) is 5.09. The Morgan fingerprint density at radius 3 is 2.11 bits per heavy atom. The maximum Gasteiger partial charge on any atom is 0.323 e. The zero-order chi connectivity index (χ0) is 20.1. The maximum absolute atomic E-state index is 12.8. The molecule has 28 heavy (non-hydrogen) atoms. The molecule has 3 rings (SSSR count). The van der Waals surface area contributed by atoms with E-state index in [1.54, 1.807) is 48.2 Å². The lowest BCUT2D eigenvalue weighted by molar-refractivity contribution is -0.141. The Hall–Kier alpha value is -3.35. The number of benzene rings is 2. The molecule has 1 fully saturated rings. The third-order valence-corrected chi connectivity index (χ3v) is 4.56. The Kier molecular flexibility index (Phi) is 5.93. The van der Waals surface area contributed by atoms with E-state index in [4.69, 9.17) is 5.11 Å². The van der Waals surface area contributed by atoms with Gasteiger partial charge in [0.2, 0.25) is 0 Å². The summed E-state index contributed by atoms with van der Waals surface area (Å²) in [5.41, 5.74) is 1.71. The highest BCUT2D eigenvalue weighted by atomic mass is 16.4. The molecule has 2 aromatic carbocycles. The van der Waals surface area contributed by atoms with Gasteiger partial charge in [0.25, 0.3) is 5.91 Å². The van der Waals surface area contributed by atoms with E-state index in [9.17, 15) is 14.4 Å². The van der Waals surface area contributed by atoms with Crippen molar-refractivity contribution in [3.63, 3.8) is 0 Å². The van der Waals surface area contributed by atoms with E-state index in [1.807, 2.05) is 18.2 Å². The van der Waals surface area contributed by atoms with Gasteiger partial charge in [0, 0.05) is 29.5 Å². The number of anilines is 2. The molecule has 0 bridgehead atoms. The average Bonchev–Trinajstić information content (AvgIpc) is 3.51. The molecule has 3 amide bonds. The summed E-state index contributed by atoms with van der Waals surface area (Å²) in [7, 11) is 0. The van der Waals surface area contributed by atoms with Gasteiger partial charge in [-0.15, -0.1) is 0 Å². The molecular weight excluding hydrogens is 358 g/mol. The van der Waals surface area contributed by atoms with Crippen LogP contribution < -0.4 is 10.6 Å². The smallest absolute Gasteiger partial charge is 0.323 e. The molecule has 0 spiro atoms. The topological polar surface area (TPSA) is 98.7 Å². The van der Waals surface area contributed by atoms with Crippen LogP contribution in [0.25, 0.3) is 0 Å². The summed E-state index contributed by atoms with van der Waals surface area (Å²) in [4.78, 5) is 37.6. The first-order chi connectivity index (χ1) is 13.4. The molecule has 0 aliphatic heterocycles. The lowest BCUT2D eigenvalue weighted by atomic mass is 10.1. The van der Waals surface area contributed by atoms with Gasteiger partial charge in [-0.25, -0.2) is 4.79 Å². The van der Waals surface area contributed by atoms with Gasteiger partial charge in [-0.1, -0.05) is 25.1 Å². The second kappa shape index (κ2) is 8.56. The Morgan fingerprint density at radius 2 is 1.57 bits per heavy atom. The molecule has 0 radical (unpaired) electrons. The van der Waals surface area contributed by atoms with Gasteiger partial charge in [0.1, 0.15) is 0 Å². The molecule has 3 N–H and O–H groups in total. The Bertz CT molecular complexity index is 848. The van der Waals surface area contributed by atoms with Crippen LogP contribution in [-0.2, 0) is 4.79 Å². The average molecular weight is 381 g/mol. The van der Waals surface area contributed by atoms with Crippen LogP contribution >= 0.6 is 0 Å². The second-order valence-electron chi connectivity index (χ2n) is 6.95. The fourth-order valence-electron chi connectivity index (χ4n) is 2.83. The van der Waals surface area contributed by atoms with Crippen molar-refractivity contribution in [1.29, 1.82) is 0 Å². The number of urea groups is 1. The number of para-hydroxylation sites is 1. The number of carbonyl (C=O) groups excluding carboxylic acids is 2. The van der Waals surface area contributed by atoms with Crippen LogP contribution in [0.4, 0.5) is 16.2 Å². The van der Waals surface area contributed by atoms with E-state index >= 15 is 0 Å². The van der Waals surface area contributed by atoms with E-state index in [2.05, 4.69) is 10.6 Å². The SMILES string of the molecule is CC(CN(C(=O)c1ccc(NC(=O)Nc2ccccc2)cc1)C1CC1)C(=O)O. The fourth-order valence-corrected chi connectivity index (χ4v) is 2.83. The molecule has 1 unspecified atom stereocenters. The monoisotopic (exact) mass is 381 g/mol. The van der Waals surface area contributed by atoms with E-state index in [0.717, 1.165) is 12.8 Å². The molecule has 0 saturated heterocycles. The van der Waals surface area contributed by atoms with E-state index in [-0.39, 0.29) is 24.5 Å². The first-order valence-corrected chi connectivity index (χ1v) is 9.21. The molecule has 1 aliphatic rings. The molecule has 0 aromatic heterocycles. The van der Waals surface area contributed by atoms with Gasteiger partial charge in [-0.2, -0.15) is 0 Å². The Labute approximate surface area is 163 Å². The van der Waals surface area contributed by atoms with Crippen LogP contribution in [0.2, 0.25) is 0 Å². The minimum Gasteiger partial charge on any atom is -0.481 e. The normalized spacial score (nSPS) is 14.0. The highest BCUT2D eigenvalue weighted by molar-refractivity contribution is 6.00. The quantitative estimate of drug-likeness (QED) is 0.682. The lowest BCUT2D eigenvalue weighted by Gasteiger charge is -2.24. The lowest BCUT2D eigenvalue weighted by Crippen LogP contribution is -2.38. The van der Waals surface area contributed by atoms with Crippen molar-refractivity contribution in [3.8, 4) is 0 Å². The molecule has 0 heterocycles. The van der Waals surface area contributed by atoms with Crippen molar-refractivity contribution in [2.75, 3.05) is 17.2 Å². The molecule has 146 valence electrons. The summed E-state index contributed by atoms with van der Waals surface area (Å²) in [5, 5.41) is 14.6. The minimum atomic E-state index is -0.914. The highest BCUT2D eigenvalue weighted by Crippen LogP contribution is 2.29. The zero-order valence-corrected chi connectivity index (χ0v) is 15.6. The standard InChI is InChI=1S/C21H23N3O4/c1-14(20(26)27)13-24(18-11-12-18)19(25)15-7-9-17(10-8-15)23-21(28)22-16-5-3-2-4-6-16/h2-10,14,18H,11-13H2,1H3,(H,26,27)(H2,22,23,28). The van der Waals surface area contributed by atoms with Crippen molar-refractivity contribution in [2.45, 2.75) is 25.8 Å². The van der Waals surface area contributed by atoms with Crippen molar-refractivity contribution in [2.24, 2.45) is 5.92 Å². The fraction of sp³-hybridized carbons (Fsp3) is 0.286. The number of rotatable bonds is 7. The van der Waals surface area contributed by atoms with Gasteiger partial charge >= 0.3 is 12.0 Å². The maximum atomic E-state index is 12.8. The van der Waals surface area contributed by atoms with Crippen LogP contribution in [0.5, 0.6) is 0 Å². The van der Waals surface area contributed by atoms with Crippen LogP contribution in [0.3, 0.4) is 0 Å². The van der Waals surface area contributed by atoms with Crippen LogP contribution in [0.1, 0.15) is 30.1 Å². The van der Waals surface area contributed by atoms with Gasteiger partial charge in [-0.3, -0.25) is 9.59 Å². The zero-order valence-electron chi connectivity index (χ0n) is 15.6. The number of hydrogen-bond donors (Lipinski definition) is 3. The molecule has 7 heteroatoms. The number of carbonyl (C=O) groups is 3. The summed E-state index contributed by atoms with van der Waals surface area (Å²) < 4.78 is 0. The van der Waals surface area contributed by atoms with E-state index in [1.165, 1.54) is 0 Å². The number of carboxylic acid groups (broad SMARTS) is 1. The Balaban J connectivity index is 1.61. The highest BCUT2D eigenvalue weighted by Gasteiger charge is 2.34. The Morgan fingerprint density at radius 1 is 1.00 bits per heavy atom. The van der Waals surface area contributed by atoms with Gasteiger partial charge in [0.05, 0.1) is 5.92 Å². The van der Waals surface area contributed by atoms with Crippen LogP contribution in [0, 0.1) is 5.92 Å². The van der Waals surface area contributed by atoms with Crippen molar-refractivity contribution in [3.05, 3.63) is 60.2 Å². The van der Waals surface area contributed by atoms with E-state index < -0.39 is 11.9 Å². The molecule has 1 atom stereocenters. The van der Waals surface area contributed by atoms with Crippen LogP contribution in [-0.4, -0.2) is 40.5 Å². The number of nitrogens with zero attached hydrogens (tertiary/aromatic N) is 1. The minimum absolute atomic E-state index is 0.115. The first-order valence-electron chi connectivity index (χ1n) is 9.21. The molecule has 2 aromatic rings. The third-order valence-electron chi connectivity index (χ3n) is 4.56. The predicted octanol–water partition coefficient (Wildman–Crippen LogP) is 3.66. The largest absolute Gasteiger partial charge is 0.481 e. The second-order valence-corrected chi connectivity index (χ2v) is 6.95. The van der Waals surface area contributed by atoms with Crippen molar-refractivity contribution >= 4 is 29.3 Å². The number of hydrogen-bond acceptors (Lipinski definition) is 3. The molecular formula is C21H23N3O4. The summed E-state index contributed by atoms with van der Waals surface area (Å²) in [5.74, 6) is -1.72. The summed E-state index contributed by atoms with van der Waals surface area (Å²) in [6, 6.07) is 15.4.